The number of carbonyl (C=O) groups is 1. The van der Waals surface area contributed by atoms with Crippen LogP contribution in [0, 0.1) is 5.92 Å². The molecule has 0 saturated carbocycles. The molecular formula is C17H28O2Si. The normalized spacial score (nSPS) is 15.6. The van der Waals surface area contributed by atoms with Crippen LogP contribution in [0.3, 0.4) is 0 Å². The molecule has 0 fully saturated rings. The Morgan fingerprint density at radius 1 is 1.20 bits per heavy atom. The van der Waals surface area contributed by atoms with Crippen LogP contribution in [0.2, 0.25) is 5.04 Å². The Morgan fingerprint density at radius 3 is 2.35 bits per heavy atom. The maximum absolute atomic E-state index is 12.7. The van der Waals surface area contributed by atoms with E-state index in [1.807, 2.05) is 30.3 Å². The van der Waals surface area contributed by atoms with Crippen LogP contribution in [0.25, 0.3) is 0 Å². The maximum Gasteiger partial charge on any atom is 0.313 e. The highest BCUT2D eigenvalue weighted by molar-refractivity contribution is 6.27. The van der Waals surface area contributed by atoms with E-state index in [-0.39, 0.29) is 11.0 Å². The summed E-state index contributed by atoms with van der Waals surface area (Å²) in [6.45, 7) is 6.54. The monoisotopic (exact) mass is 292 g/mol. The van der Waals surface area contributed by atoms with Gasteiger partial charge in [-0.3, -0.25) is 4.79 Å². The third-order valence-corrected chi connectivity index (χ3v) is 5.95. The van der Waals surface area contributed by atoms with Crippen molar-refractivity contribution < 1.29 is 9.53 Å². The lowest BCUT2D eigenvalue weighted by molar-refractivity contribution is -0.140. The van der Waals surface area contributed by atoms with Crippen molar-refractivity contribution in [2.75, 3.05) is 0 Å². The van der Waals surface area contributed by atoms with Gasteiger partial charge in [-0.1, -0.05) is 58.2 Å². The minimum Gasteiger partial charge on any atom is -0.426 e. The van der Waals surface area contributed by atoms with Crippen LogP contribution < -0.4 is 4.74 Å². The molecule has 0 heterocycles. The Bertz CT molecular complexity index is 405. The molecule has 0 bridgehead atoms. The van der Waals surface area contributed by atoms with E-state index >= 15 is 0 Å². The molecular weight excluding hydrogens is 264 g/mol. The predicted molar refractivity (Wildman–Crippen MR) is 88.3 cm³/mol. The van der Waals surface area contributed by atoms with Crippen molar-refractivity contribution in [3.8, 4) is 5.75 Å². The van der Waals surface area contributed by atoms with Gasteiger partial charge < -0.3 is 4.74 Å². The average molecular weight is 292 g/mol. The first-order valence-electron chi connectivity index (χ1n) is 7.85. The van der Waals surface area contributed by atoms with Crippen LogP contribution in [0.15, 0.2) is 30.3 Å². The topological polar surface area (TPSA) is 26.3 Å². The van der Waals surface area contributed by atoms with Crippen LogP contribution in [-0.2, 0) is 4.79 Å². The average Bonchev–Trinajstić information content (AvgIpc) is 2.45. The molecule has 2 atom stereocenters. The molecule has 1 aromatic carbocycles. The zero-order valence-electron chi connectivity index (χ0n) is 13.3. The Labute approximate surface area is 126 Å². The fourth-order valence-electron chi connectivity index (χ4n) is 3.03. The second kappa shape index (κ2) is 8.25. The summed E-state index contributed by atoms with van der Waals surface area (Å²) in [7, 11) is 0.855. The number of ether oxygens (including phenoxy) is 1. The van der Waals surface area contributed by atoms with E-state index in [0.29, 0.717) is 11.7 Å². The summed E-state index contributed by atoms with van der Waals surface area (Å²) in [4.78, 5) is 12.7. The van der Waals surface area contributed by atoms with E-state index in [2.05, 4.69) is 20.8 Å². The van der Waals surface area contributed by atoms with Crippen LogP contribution in [0.5, 0.6) is 5.75 Å². The predicted octanol–water partition coefficient (Wildman–Crippen LogP) is 3.74. The van der Waals surface area contributed by atoms with Gasteiger partial charge in [-0.25, -0.2) is 0 Å². The Morgan fingerprint density at radius 2 is 1.85 bits per heavy atom. The first kappa shape index (κ1) is 17.0. The third kappa shape index (κ3) is 4.20. The fraction of sp³-hybridized carbons (Fsp3) is 0.588. The summed E-state index contributed by atoms with van der Waals surface area (Å²) >= 11 is 0. The van der Waals surface area contributed by atoms with E-state index in [9.17, 15) is 4.79 Å². The molecule has 1 aromatic rings. The Balaban J connectivity index is 2.90. The molecule has 0 aliphatic rings. The number of rotatable bonds is 8. The van der Waals surface area contributed by atoms with Gasteiger partial charge in [0.1, 0.15) is 5.75 Å². The van der Waals surface area contributed by atoms with E-state index in [1.54, 1.807) is 0 Å². The molecule has 2 unspecified atom stereocenters. The molecule has 0 aromatic heterocycles. The minimum atomic E-state index is -0.241. The van der Waals surface area contributed by atoms with Crippen molar-refractivity contribution in [3.05, 3.63) is 30.3 Å². The third-order valence-electron chi connectivity index (χ3n) is 4.22. The Hall–Kier alpha value is -1.09. The van der Waals surface area contributed by atoms with E-state index < -0.39 is 0 Å². The summed E-state index contributed by atoms with van der Waals surface area (Å²) in [5.41, 5.74) is 0. The van der Waals surface area contributed by atoms with Gasteiger partial charge in [0, 0.05) is 10.2 Å². The number of hydrogen-bond donors (Lipinski definition) is 0. The lowest BCUT2D eigenvalue weighted by Crippen LogP contribution is -2.35. The molecule has 0 radical (unpaired) electrons. The number of carbonyl (C=O) groups excluding carboxylic acids is 1. The zero-order chi connectivity index (χ0) is 15.0. The van der Waals surface area contributed by atoms with Crippen molar-refractivity contribution in [2.45, 2.75) is 57.9 Å². The second-order valence-electron chi connectivity index (χ2n) is 5.76. The molecule has 0 aliphatic heterocycles. The molecule has 20 heavy (non-hydrogen) atoms. The Kier molecular flexibility index (Phi) is 7.00. The van der Waals surface area contributed by atoms with Gasteiger partial charge in [-0.15, -0.1) is 0 Å². The first-order valence-corrected chi connectivity index (χ1v) is 8.85. The first-order chi connectivity index (χ1) is 9.58. The molecule has 0 saturated heterocycles. The van der Waals surface area contributed by atoms with Gasteiger partial charge in [-0.2, -0.15) is 0 Å². The van der Waals surface area contributed by atoms with Crippen LogP contribution in [-0.4, -0.2) is 16.2 Å². The van der Waals surface area contributed by atoms with Crippen molar-refractivity contribution in [3.63, 3.8) is 0 Å². The van der Waals surface area contributed by atoms with E-state index in [0.717, 1.165) is 42.3 Å². The largest absolute Gasteiger partial charge is 0.426 e. The summed E-state index contributed by atoms with van der Waals surface area (Å²) in [5, 5.41) is -0.241. The summed E-state index contributed by atoms with van der Waals surface area (Å²) in [5.74, 6) is 1.10. The van der Waals surface area contributed by atoms with E-state index in [4.69, 9.17) is 4.74 Å². The highest BCUT2D eigenvalue weighted by Crippen LogP contribution is 2.43. The zero-order valence-corrected chi connectivity index (χ0v) is 15.3. The molecule has 112 valence electrons. The molecule has 2 nitrogen and oxygen atoms in total. The lowest BCUT2D eigenvalue weighted by atomic mass is 9.82. The summed E-state index contributed by atoms with van der Waals surface area (Å²) in [6, 6.07) is 9.45. The van der Waals surface area contributed by atoms with Gasteiger partial charge in [0.25, 0.3) is 0 Å². The maximum atomic E-state index is 12.7. The SMILES string of the molecule is CCCC(CC)C([SiH3])(CCC)C(=O)Oc1ccccc1. The van der Waals surface area contributed by atoms with Gasteiger partial charge >= 0.3 is 5.97 Å². The van der Waals surface area contributed by atoms with Crippen LogP contribution >= 0.6 is 0 Å². The highest BCUT2D eigenvalue weighted by Gasteiger charge is 2.40. The van der Waals surface area contributed by atoms with Crippen molar-refractivity contribution in [1.29, 1.82) is 0 Å². The molecule has 0 aliphatic carbocycles. The molecule has 0 spiro atoms. The van der Waals surface area contributed by atoms with Crippen molar-refractivity contribution in [2.24, 2.45) is 5.92 Å². The number of para-hydroxylation sites is 1. The molecule has 1 rings (SSSR count). The quantitative estimate of drug-likeness (QED) is 0.414. The molecule has 3 heteroatoms. The lowest BCUT2D eigenvalue weighted by Gasteiger charge is -2.35. The van der Waals surface area contributed by atoms with Gasteiger partial charge in [-0.05, 0) is 30.9 Å². The highest BCUT2D eigenvalue weighted by atomic mass is 28.1. The van der Waals surface area contributed by atoms with Crippen molar-refractivity contribution in [1.82, 2.24) is 0 Å². The smallest absolute Gasteiger partial charge is 0.313 e. The van der Waals surface area contributed by atoms with Gasteiger partial charge in [0.15, 0.2) is 0 Å². The van der Waals surface area contributed by atoms with E-state index in [1.165, 1.54) is 0 Å². The summed E-state index contributed by atoms with van der Waals surface area (Å²) in [6.07, 6.45) is 5.28. The standard InChI is InChI=1S/C17H28O2Si/c1-4-10-14(6-3)17(20,13-5-2)16(18)19-15-11-8-7-9-12-15/h7-9,11-12,14H,4-6,10,13H2,1-3,20H3. The minimum absolute atomic E-state index is 0.0162. The summed E-state index contributed by atoms with van der Waals surface area (Å²) < 4.78 is 5.66. The number of hydrogen-bond acceptors (Lipinski definition) is 2. The van der Waals surface area contributed by atoms with Gasteiger partial charge in [0.05, 0.1) is 5.04 Å². The second-order valence-corrected chi connectivity index (χ2v) is 7.55. The molecule has 0 N–H and O–H groups in total. The fourth-order valence-corrected chi connectivity index (χ4v) is 4.33. The molecule has 0 amide bonds. The van der Waals surface area contributed by atoms with Crippen LogP contribution in [0.4, 0.5) is 0 Å². The number of esters is 1. The van der Waals surface area contributed by atoms with Crippen LogP contribution in [0.1, 0.15) is 52.9 Å². The number of benzene rings is 1. The van der Waals surface area contributed by atoms with Crippen molar-refractivity contribution >= 4 is 16.2 Å². The van der Waals surface area contributed by atoms with Gasteiger partial charge in [0.2, 0.25) is 0 Å².